The largest absolute Gasteiger partial charge is 0.337 e. The Morgan fingerprint density at radius 2 is 1.73 bits per heavy atom. The number of quaternary nitrogens is 1. The fourth-order valence-corrected chi connectivity index (χ4v) is 4.99. The Bertz CT molecular complexity index is 653. The van der Waals surface area contributed by atoms with Gasteiger partial charge in [0.25, 0.3) is 0 Å². The topological polar surface area (TPSA) is 62.8 Å². The number of benzene rings is 1. The molecule has 22 heavy (non-hydrogen) atoms. The molecule has 0 unspecified atom stereocenters. The van der Waals surface area contributed by atoms with E-state index < -0.39 is 15.8 Å². The van der Waals surface area contributed by atoms with E-state index in [0.29, 0.717) is 5.56 Å². The Balaban J connectivity index is 2.23. The highest BCUT2D eigenvalue weighted by Gasteiger charge is 2.42. The van der Waals surface area contributed by atoms with Crippen molar-refractivity contribution in [2.24, 2.45) is 0 Å². The number of hydrogen-bond acceptors (Lipinski definition) is 2. The second-order valence-corrected chi connectivity index (χ2v) is 9.47. The molecule has 0 radical (unpaired) electrons. The summed E-state index contributed by atoms with van der Waals surface area (Å²) in [6, 6.07) is 3.77. The van der Waals surface area contributed by atoms with E-state index in [2.05, 4.69) is 37.7 Å². The van der Waals surface area contributed by atoms with Gasteiger partial charge in [0.15, 0.2) is 0 Å². The molecule has 1 aromatic rings. The lowest BCUT2D eigenvalue weighted by Crippen LogP contribution is -3.06. The maximum absolute atomic E-state index is 13.3. The lowest BCUT2D eigenvalue weighted by atomic mass is 9.80. The first-order chi connectivity index (χ1) is 9.90. The van der Waals surface area contributed by atoms with Crippen molar-refractivity contribution >= 4 is 10.0 Å². The van der Waals surface area contributed by atoms with E-state index in [0.717, 1.165) is 12.8 Å². The summed E-state index contributed by atoms with van der Waals surface area (Å²) in [5, 5.41) is 2.30. The lowest BCUT2D eigenvalue weighted by Gasteiger charge is -2.43. The van der Waals surface area contributed by atoms with Gasteiger partial charge in [-0.3, -0.25) is 0 Å². The average molecular weight is 329 g/mol. The molecular weight excluding hydrogens is 303 g/mol. The van der Waals surface area contributed by atoms with Gasteiger partial charge in [-0.15, -0.1) is 0 Å². The molecule has 1 aliphatic rings. The van der Waals surface area contributed by atoms with E-state index in [1.165, 1.54) is 18.2 Å². The molecule has 1 fully saturated rings. The molecule has 0 aromatic heterocycles. The Morgan fingerprint density at radius 3 is 2.23 bits per heavy atom. The number of halogens is 1. The number of nitrogens with two attached hydrogens (primary N) is 1. The molecule has 1 heterocycles. The fourth-order valence-electron chi connectivity index (χ4n) is 3.67. The average Bonchev–Trinajstić information content (AvgIpc) is 2.27. The van der Waals surface area contributed by atoms with Crippen LogP contribution in [0.15, 0.2) is 23.1 Å². The van der Waals surface area contributed by atoms with Gasteiger partial charge in [0.05, 0.1) is 16.0 Å². The molecule has 1 aliphatic heterocycles. The Kier molecular flexibility index (Phi) is 4.41. The summed E-state index contributed by atoms with van der Waals surface area (Å²) >= 11 is 0. The molecule has 0 saturated carbocycles. The third-order valence-electron chi connectivity index (χ3n) is 4.09. The summed E-state index contributed by atoms with van der Waals surface area (Å²) in [5.74, 6) is -0.395. The van der Waals surface area contributed by atoms with Gasteiger partial charge in [-0.1, -0.05) is 0 Å². The SMILES string of the molecule is Cc1cc(S(=O)(=O)NC2CC(C)(C)[NH2+]C(C)(C)C2)ccc1F. The zero-order valence-electron chi connectivity index (χ0n) is 13.9. The van der Waals surface area contributed by atoms with Crippen molar-refractivity contribution in [3.63, 3.8) is 0 Å². The molecule has 2 rings (SSSR count). The summed E-state index contributed by atoms with van der Waals surface area (Å²) in [6.07, 6.45) is 1.52. The van der Waals surface area contributed by atoms with Crippen LogP contribution in [0.4, 0.5) is 4.39 Å². The summed E-state index contributed by atoms with van der Waals surface area (Å²) in [6.45, 7) is 10.1. The van der Waals surface area contributed by atoms with Crippen molar-refractivity contribution in [2.45, 2.75) is 69.5 Å². The van der Waals surface area contributed by atoms with Gasteiger partial charge in [0.1, 0.15) is 5.82 Å². The van der Waals surface area contributed by atoms with Gasteiger partial charge in [-0.2, -0.15) is 0 Å². The van der Waals surface area contributed by atoms with Gasteiger partial charge >= 0.3 is 0 Å². The first-order valence-electron chi connectivity index (χ1n) is 7.56. The zero-order chi connectivity index (χ0) is 16.8. The van der Waals surface area contributed by atoms with Crippen molar-refractivity contribution in [3.8, 4) is 0 Å². The van der Waals surface area contributed by atoms with Crippen molar-refractivity contribution < 1.29 is 18.1 Å². The predicted molar refractivity (Wildman–Crippen MR) is 84.6 cm³/mol. The van der Waals surface area contributed by atoms with Gasteiger partial charge in [0, 0.05) is 18.9 Å². The first kappa shape index (κ1) is 17.4. The second-order valence-electron chi connectivity index (χ2n) is 7.76. The summed E-state index contributed by atoms with van der Waals surface area (Å²) < 4.78 is 41.2. The van der Waals surface area contributed by atoms with E-state index in [4.69, 9.17) is 0 Å². The summed E-state index contributed by atoms with van der Waals surface area (Å²) in [5.41, 5.74) is 0.293. The molecule has 1 aromatic carbocycles. The quantitative estimate of drug-likeness (QED) is 0.886. The Hall–Kier alpha value is -0.980. The van der Waals surface area contributed by atoms with Crippen LogP contribution in [0.25, 0.3) is 0 Å². The maximum Gasteiger partial charge on any atom is 0.240 e. The molecule has 0 spiro atoms. The smallest absolute Gasteiger partial charge is 0.240 e. The van der Waals surface area contributed by atoms with Crippen LogP contribution in [-0.2, 0) is 10.0 Å². The van der Waals surface area contributed by atoms with Crippen molar-refractivity contribution in [1.29, 1.82) is 0 Å². The number of nitrogens with one attached hydrogen (secondary N) is 1. The Labute approximate surface area is 132 Å². The van der Waals surface area contributed by atoms with Crippen molar-refractivity contribution in [3.05, 3.63) is 29.6 Å². The van der Waals surface area contributed by atoms with Gasteiger partial charge < -0.3 is 5.32 Å². The molecule has 0 amide bonds. The normalized spacial score (nSPS) is 21.7. The second kappa shape index (κ2) is 5.58. The van der Waals surface area contributed by atoms with Crippen molar-refractivity contribution in [2.75, 3.05) is 0 Å². The minimum atomic E-state index is -3.63. The third kappa shape index (κ3) is 4.06. The third-order valence-corrected chi connectivity index (χ3v) is 5.61. The van der Waals surface area contributed by atoms with Crippen LogP contribution in [0.5, 0.6) is 0 Å². The van der Waals surface area contributed by atoms with E-state index in [1.54, 1.807) is 6.92 Å². The molecule has 3 N–H and O–H groups in total. The van der Waals surface area contributed by atoms with Crippen LogP contribution >= 0.6 is 0 Å². The van der Waals surface area contributed by atoms with E-state index in [1.807, 2.05) is 0 Å². The fraction of sp³-hybridized carbons (Fsp3) is 0.625. The minimum absolute atomic E-state index is 0.0202. The Morgan fingerprint density at radius 1 is 1.18 bits per heavy atom. The standard InChI is InChI=1S/C16H25FN2O2S/c1-11-8-13(6-7-14(11)17)22(20,21)18-12-9-15(2,3)19-16(4,5)10-12/h6-8,12,18-19H,9-10H2,1-5H3/p+1. The molecule has 1 saturated heterocycles. The molecule has 124 valence electrons. The van der Waals surface area contributed by atoms with Gasteiger partial charge in [-0.05, 0) is 58.4 Å². The van der Waals surface area contributed by atoms with Crippen LogP contribution in [0.2, 0.25) is 0 Å². The summed E-state index contributed by atoms with van der Waals surface area (Å²) in [7, 11) is -3.63. The lowest BCUT2D eigenvalue weighted by molar-refractivity contribution is -0.787. The van der Waals surface area contributed by atoms with E-state index in [-0.39, 0.29) is 22.0 Å². The van der Waals surface area contributed by atoms with Gasteiger partial charge in [0.2, 0.25) is 10.0 Å². The van der Waals surface area contributed by atoms with Crippen LogP contribution in [0.3, 0.4) is 0 Å². The van der Waals surface area contributed by atoms with E-state index >= 15 is 0 Å². The monoisotopic (exact) mass is 329 g/mol. The highest BCUT2D eigenvalue weighted by Crippen LogP contribution is 2.24. The molecule has 0 aliphatic carbocycles. The minimum Gasteiger partial charge on any atom is -0.337 e. The number of sulfonamides is 1. The predicted octanol–water partition coefficient (Wildman–Crippen LogP) is 1.70. The zero-order valence-corrected chi connectivity index (χ0v) is 14.7. The maximum atomic E-state index is 13.3. The van der Waals surface area contributed by atoms with Crippen LogP contribution < -0.4 is 10.0 Å². The first-order valence-corrected chi connectivity index (χ1v) is 9.04. The van der Waals surface area contributed by atoms with Crippen LogP contribution in [-0.4, -0.2) is 25.5 Å². The number of piperidine rings is 1. The number of rotatable bonds is 3. The molecule has 6 heteroatoms. The highest BCUT2D eigenvalue weighted by atomic mass is 32.2. The van der Waals surface area contributed by atoms with Crippen LogP contribution in [0.1, 0.15) is 46.1 Å². The highest BCUT2D eigenvalue weighted by molar-refractivity contribution is 7.89. The molecule has 4 nitrogen and oxygen atoms in total. The van der Waals surface area contributed by atoms with E-state index in [9.17, 15) is 12.8 Å². The molecule has 0 bridgehead atoms. The summed E-state index contributed by atoms with van der Waals surface area (Å²) in [4.78, 5) is 0.122. The van der Waals surface area contributed by atoms with Crippen LogP contribution in [0, 0.1) is 12.7 Å². The number of hydrogen-bond donors (Lipinski definition) is 2. The molecule has 0 atom stereocenters. The number of aryl methyl sites for hydroxylation is 1. The van der Waals surface area contributed by atoms with Gasteiger partial charge in [-0.25, -0.2) is 17.5 Å². The molecular formula is C16H26FN2O2S+. The van der Waals surface area contributed by atoms with Crippen molar-refractivity contribution in [1.82, 2.24) is 4.72 Å².